The first-order chi connectivity index (χ1) is 17.9. The molecule has 9 nitrogen and oxygen atoms in total. The second-order valence-corrected chi connectivity index (χ2v) is 9.28. The number of unbranched alkanes of at least 4 members (excludes halogenated alkanes) is 1. The summed E-state index contributed by atoms with van der Waals surface area (Å²) < 4.78 is 55.0. The second-order valence-electron chi connectivity index (χ2n) is 9.28. The Bertz CT molecular complexity index is 1350. The van der Waals surface area contributed by atoms with Gasteiger partial charge in [-0.15, -0.1) is 0 Å². The summed E-state index contributed by atoms with van der Waals surface area (Å²) in [5.41, 5.74) is -0.00235. The summed E-state index contributed by atoms with van der Waals surface area (Å²) in [6.07, 6.45) is -2.85. The number of imide groups is 1. The van der Waals surface area contributed by atoms with Gasteiger partial charge in [-0.25, -0.2) is 14.7 Å². The van der Waals surface area contributed by atoms with Crippen LogP contribution in [-0.2, 0) is 14.3 Å². The van der Waals surface area contributed by atoms with Gasteiger partial charge in [-0.05, 0) is 51.8 Å². The molecule has 0 radical (unpaired) electrons. The maximum atomic E-state index is 12.9. The number of alkyl halides is 3. The summed E-state index contributed by atoms with van der Waals surface area (Å²) in [5.74, 6) is -1.92. The predicted octanol–water partition coefficient (Wildman–Crippen LogP) is 5.16. The van der Waals surface area contributed by atoms with Crippen LogP contribution in [0.1, 0.15) is 39.2 Å². The van der Waals surface area contributed by atoms with Crippen molar-refractivity contribution in [2.24, 2.45) is 0 Å². The average Bonchev–Trinajstić information content (AvgIpc) is 2.85. The Morgan fingerprint density at radius 1 is 1.03 bits per heavy atom. The quantitative estimate of drug-likeness (QED) is 0.274. The molecule has 0 saturated heterocycles. The molecule has 38 heavy (non-hydrogen) atoms. The van der Waals surface area contributed by atoms with Gasteiger partial charge < -0.3 is 14.2 Å². The highest BCUT2D eigenvalue weighted by Crippen LogP contribution is 2.30. The van der Waals surface area contributed by atoms with Gasteiger partial charge in [0.2, 0.25) is 5.88 Å². The Morgan fingerprint density at radius 2 is 1.79 bits per heavy atom. The number of ether oxygens (including phenoxy) is 3. The Labute approximate surface area is 217 Å². The lowest BCUT2D eigenvalue weighted by molar-refractivity contribution is -0.184. The lowest BCUT2D eigenvalue weighted by atomic mass is 10.1. The molecular weight excluding hydrogens is 505 g/mol. The van der Waals surface area contributed by atoms with Crippen molar-refractivity contribution < 1.29 is 37.0 Å². The number of aromatic nitrogens is 2. The van der Waals surface area contributed by atoms with Gasteiger partial charge in [0.15, 0.2) is 0 Å². The number of rotatable bonds is 9. The second kappa shape index (κ2) is 12.0. The van der Waals surface area contributed by atoms with Gasteiger partial charge in [-0.2, -0.15) is 18.4 Å². The van der Waals surface area contributed by atoms with Crippen molar-refractivity contribution in [3.63, 3.8) is 0 Å². The number of pyridine rings is 2. The van der Waals surface area contributed by atoms with E-state index < -0.39 is 30.3 Å². The zero-order valence-electron chi connectivity index (χ0n) is 21.2. The maximum Gasteiger partial charge on any atom is 0.471 e. The normalized spacial score (nSPS) is 11.8. The van der Waals surface area contributed by atoms with Gasteiger partial charge in [-0.3, -0.25) is 9.78 Å². The Hall–Kier alpha value is -3.98. The van der Waals surface area contributed by atoms with Crippen LogP contribution in [0.2, 0.25) is 0 Å². The van der Waals surface area contributed by atoms with E-state index >= 15 is 0 Å². The summed E-state index contributed by atoms with van der Waals surface area (Å²) in [6, 6.07) is 9.03. The van der Waals surface area contributed by atoms with E-state index in [1.54, 1.807) is 30.6 Å². The van der Waals surface area contributed by atoms with E-state index in [4.69, 9.17) is 14.2 Å². The van der Waals surface area contributed by atoms with Crippen LogP contribution in [0.4, 0.5) is 18.0 Å². The number of carbonyl (C=O) groups excluding carboxylic acids is 2. The highest BCUT2D eigenvalue weighted by Gasteiger charge is 2.45. The van der Waals surface area contributed by atoms with E-state index in [9.17, 15) is 28.0 Å². The zero-order chi connectivity index (χ0) is 27.9. The van der Waals surface area contributed by atoms with E-state index in [-0.39, 0.29) is 31.1 Å². The first-order valence-corrected chi connectivity index (χ1v) is 11.8. The SMILES string of the molecule is CC(C)(C)OC(=O)N(CCCCOCCOc1nc2cc(C#N)ccc2c2cnccc12)C(=O)C(F)(F)F. The minimum absolute atomic E-state index is 0.0669. The molecule has 0 aliphatic rings. The molecule has 3 rings (SSSR count). The number of nitrogens with zero attached hydrogens (tertiary/aromatic N) is 4. The highest BCUT2D eigenvalue weighted by molar-refractivity contribution is 6.07. The van der Waals surface area contributed by atoms with Crippen LogP contribution in [0, 0.1) is 11.3 Å². The standard InChI is InChI=1S/C26H27F3N4O5/c1-25(2,3)38-24(35)33(23(34)26(27,28)29)10-4-5-11-36-12-13-37-22-19-8-9-31-16-20(19)18-7-6-17(15-30)14-21(18)32-22/h6-9,14,16H,4-5,10-13H2,1-3H3. The molecule has 0 saturated carbocycles. The molecule has 0 atom stereocenters. The van der Waals surface area contributed by atoms with Gasteiger partial charge in [0.25, 0.3) is 0 Å². The largest absolute Gasteiger partial charge is 0.475 e. The Morgan fingerprint density at radius 3 is 2.47 bits per heavy atom. The van der Waals surface area contributed by atoms with E-state index in [0.717, 1.165) is 16.2 Å². The average molecular weight is 533 g/mol. The topological polar surface area (TPSA) is 115 Å². The molecule has 1 aromatic carbocycles. The molecule has 12 heteroatoms. The van der Waals surface area contributed by atoms with Crippen molar-refractivity contribution in [3.05, 3.63) is 42.2 Å². The molecule has 0 aliphatic heterocycles. The van der Waals surface area contributed by atoms with E-state index in [1.807, 2.05) is 6.07 Å². The van der Waals surface area contributed by atoms with Crippen molar-refractivity contribution in [2.45, 2.75) is 45.4 Å². The van der Waals surface area contributed by atoms with Gasteiger partial charge in [0.1, 0.15) is 12.2 Å². The van der Waals surface area contributed by atoms with Crippen LogP contribution < -0.4 is 4.74 Å². The monoisotopic (exact) mass is 532 g/mol. The van der Waals surface area contributed by atoms with Crippen LogP contribution in [-0.4, -0.2) is 65.0 Å². The number of hydrogen-bond donors (Lipinski definition) is 0. The van der Waals surface area contributed by atoms with Crippen molar-refractivity contribution >= 4 is 33.7 Å². The van der Waals surface area contributed by atoms with E-state index in [1.165, 1.54) is 20.8 Å². The third-order valence-corrected chi connectivity index (χ3v) is 5.18. The minimum atomic E-state index is -5.20. The summed E-state index contributed by atoms with van der Waals surface area (Å²) in [4.78, 5) is 32.5. The van der Waals surface area contributed by atoms with Crippen molar-refractivity contribution in [1.82, 2.24) is 14.9 Å². The summed E-state index contributed by atoms with van der Waals surface area (Å²) in [5, 5.41) is 11.6. The lowest BCUT2D eigenvalue weighted by Gasteiger charge is -2.26. The molecule has 0 bridgehead atoms. The molecule has 2 heterocycles. The summed E-state index contributed by atoms with van der Waals surface area (Å²) in [7, 11) is 0. The number of hydrogen-bond acceptors (Lipinski definition) is 8. The third kappa shape index (κ3) is 7.52. The van der Waals surface area contributed by atoms with E-state index in [0.29, 0.717) is 23.4 Å². The zero-order valence-corrected chi connectivity index (χ0v) is 21.2. The van der Waals surface area contributed by atoms with Gasteiger partial charge >= 0.3 is 18.2 Å². The smallest absolute Gasteiger partial charge is 0.471 e. The number of halogens is 3. The van der Waals surface area contributed by atoms with Crippen molar-refractivity contribution in [3.8, 4) is 11.9 Å². The molecule has 0 N–H and O–H groups in total. The first-order valence-electron chi connectivity index (χ1n) is 11.8. The number of fused-ring (bicyclic) bond motifs is 3. The Kier molecular flexibility index (Phi) is 9.06. The molecule has 0 unspecified atom stereocenters. The minimum Gasteiger partial charge on any atom is -0.475 e. The number of benzene rings is 1. The van der Waals surface area contributed by atoms with Crippen LogP contribution in [0.25, 0.3) is 21.7 Å². The molecule has 2 aromatic heterocycles. The fourth-order valence-electron chi connectivity index (χ4n) is 3.52. The summed E-state index contributed by atoms with van der Waals surface area (Å²) in [6.45, 7) is 4.51. The van der Waals surface area contributed by atoms with E-state index in [2.05, 4.69) is 16.0 Å². The number of carbonyl (C=O) groups is 2. The third-order valence-electron chi connectivity index (χ3n) is 5.18. The van der Waals surface area contributed by atoms with Gasteiger partial charge in [0.05, 0.1) is 23.8 Å². The van der Waals surface area contributed by atoms with Crippen LogP contribution in [0.3, 0.4) is 0 Å². The molecule has 202 valence electrons. The molecular formula is C26H27F3N4O5. The maximum absolute atomic E-state index is 12.9. The lowest BCUT2D eigenvalue weighted by Crippen LogP contribution is -2.47. The molecule has 3 aromatic rings. The van der Waals surface area contributed by atoms with Crippen molar-refractivity contribution in [2.75, 3.05) is 26.4 Å². The first kappa shape index (κ1) is 28.6. The van der Waals surface area contributed by atoms with Gasteiger partial charge in [-0.1, -0.05) is 6.07 Å². The molecule has 0 spiro atoms. The molecule has 0 fully saturated rings. The number of nitriles is 1. The Balaban J connectivity index is 1.51. The fraction of sp³-hybridized carbons (Fsp3) is 0.423. The van der Waals surface area contributed by atoms with Gasteiger partial charge in [0, 0.05) is 41.7 Å². The van der Waals surface area contributed by atoms with Crippen LogP contribution >= 0.6 is 0 Å². The van der Waals surface area contributed by atoms with Crippen molar-refractivity contribution in [1.29, 1.82) is 5.26 Å². The fourth-order valence-corrected chi connectivity index (χ4v) is 3.52. The summed E-state index contributed by atoms with van der Waals surface area (Å²) >= 11 is 0. The predicted molar refractivity (Wildman–Crippen MR) is 131 cm³/mol. The highest BCUT2D eigenvalue weighted by atomic mass is 19.4. The molecule has 2 amide bonds. The molecule has 0 aliphatic carbocycles. The van der Waals surface area contributed by atoms with Crippen LogP contribution in [0.15, 0.2) is 36.7 Å². The van der Waals surface area contributed by atoms with Crippen LogP contribution in [0.5, 0.6) is 5.88 Å². The number of amides is 2.